The van der Waals surface area contributed by atoms with Gasteiger partial charge >= 0.3 is 0 Å². The van der Waals surface area contributed by atoms with E-state index in [1.807, 2.05) is 0 Å². The Kier molecular flexibility index (Phi) is 4.43. The predicted molar refractivity (Wildman–Crippen MR) is 75.1 cm³/mol. The highest BCUT2D eigenvalue weighted by Gasteiger charge is 2.31. The summed E-state index contributed by atoms with van der Waals surface area (Å²) in [5, 5.41) is 31.2. The van der Waals surface area contributed by atoms with Gasteiger partial charge < -0.3 is 9.84 Å². The fourth-order valence-corrected chi connectivity index (χ4v) is 3.07. The highest BCUT2D eigenvalue weighted by atomic mass is 32.2. The van der Waals surface area contributed by atoms with Gasteiger partial charge in [0.05, 0.1) is 38.4 Å². The SMILES string of the molecule is C[C@H]1OC=C[C@H](O)[C@@H]1Sc1ccc([N+](=O)[O-])cc1[N+](=O)[O-]. The summed E-state index contributed by atoms with van der Waals surface area (Å²) in [6.07, 6.45) is 1.68. The summed E-state index contributed by atoms with van der Waals surface area (Å²) < 4.78 is 5.26. The molecule has 2 rings (SSSR count). The van der Waals surface area contributed by atoms with Crippen LogP contribution < -0.4 is 0 Å². The Labute approximate surface area is 123 Å². The molecule has 1 aliphatic rings. The molecule has 0 fully saturated rings. The lowest BCUT2D eigenvalue weighted by Crippen LogP contribution is -2.35. The molecule has 0 amide bonds. The number of hydrogen-bond donors (Lipinski definition) is 1. The summed E-state index contributed by atoms with van der Waals surface area (Å²) in [7, 11) is 0. The van der Waals surface area contributed by atoms with Crippen molar-refractivity contribution in [3.05, 3.63) is 50.8 Å². The minimum atomic E-state index is -0.812. The van der Waals surface area contributed by atoms with Crippen LogP contribution in [0.5, 0.6) is 0 Å². The van der Waals surface area contributed by atoms with Crippen LogP contribution in [0.25, 0.3) is 0 Å². The fraction of sp³-hybridized carbons (Fsp3) is 0.333. The number of thioether (sulfide) groups is 1. The topological polar surface area (TPSA) is 116 Å². The van der Waals surface area contributed by atoms with Crippen molar-refractivity contribution in [2.24, 2.45) is 0 Å². The smallest absolute Gasteiger partial charge is 0.289 e. The third-order valence-electron chi connectivity index (χ3n) is 2.98. The Morgan fingerprint density at radius 1 is 1.29 bits per heavy atom. The molecule has 0 aromatic heterocycles. The first kappa shape index (κ1) is 15.3. The van der Waals surface area contributed by atoms with Gasteiger partial charge in [0.25, 0.3) is 11.4 Å². The van der Waals surface area contributed by atoms with Crippen LogP contribution in [0.15, 0.2) is 35.4 Å². The molecule has 0 bridgehead atoms. The second kappa shape index (κ2) is 6.10. The summed E-state index contributed by atoms with van der Waals surface area (Å²) in [5.74, 6) is 0. The molecule has 0 aliphatic carbocycles. The van der Waals surface area contributed by atoms with Crippen LogP contribution in [0.3, 0.4) is 0 Å². The molecular formula is C12H12N2O6S. The Morgan fingerprint density at radius 2 is 2.00 bits per heavy atom. The van der Waals surface area contributed by atoms with Gasteiger partial charge in [0.1, 0.15) is 6.10 Å². The molecule has 9 heteroatoms. The maximum absolute atomic E-state index is 11.1. The average molecular weight is 312 g/mol. The molecule has 1 aliphatic heterocycles. The van der Waals surface area contributed by atoms with Gasteiger partial charge in [-0.15, -0.1) is 11.8 Å². The van der Waals surface area contributed by atoms with Crippen LogP contribution in [-0.2, 0) is 4.74 Å². The second-order valence-corrected chi connectivity index (χ2v) is 5.63. The molecule has 0 spiro atoms. The Morgan fingerprint density at radius 3 is 2.57 bits per heavy atom. The predicted octanol–water partition coefficient (Wildman–Crippen LogP) is 2.26. The van der Waals surface area contributed by atoms with Gasteiger partial charge in [0.2, 0.25) is 0 Å². The van der Waals surface area contributed by atoms with Crippen molar-refractivity contribution in [2.75, 3.05) is 0 Å². The molecule has 1 heterocycles. The zero-order chi connectivity index (χ0) is 15.6. The lowest BCUT2D eigenvalue weighted by atomic mass is 10.1. The van der Waals surface area contributed by atoms with Gasteiger partial charge in [0, 0.05) is 6.07 Å². The molecule has 1 N–H and O–H groups in total. The first-order valence-corrected chi connectivity index (χ1v) is 6.88. The molecule has 3 atom stereocenters. The van der Waals surface area contributed by atoms with E-state index >= 15 is 0 Å². The van der Waals surface area contributed by atoms with Gasteiger partial charge in [-0.2, -0.15) is 0 Å². The third-order valence-corrected chi connectivity index (χ3v) is 4.51. The number of ether oxygens (including phenoxy) is 1. The quantitative estimate of drug-likeness (QED) is 0.669. The number of nitro benzene ring substituents is 2. The Balaban J connectivity index is 2.33. The van der Waals surface area contributed by atoms with Crippen molar-refractivity contribution in [3.63, 3.8) is 0 Å². The van der Waals surface area contributed by atoms with E-state index < -0.39 is 21.2 Å². The van der Waals surface area contributed by atoms with Crippen LogP contribution in [0.4, 0.5) is 11.4 Å². The van der Waals surface area contributed by atoms with E-state index in [2.05, 4.69) is 0 Å². The van der Waals surface area contributed by atoms with Gasteiger partial charge in [-0.3, -0.25) is 20.2 Å². The Bertz CT molecular complexity index is 605. The molecule has 21 heavy (non-hydrogen) atoms. The molecule has 1 aromatic rings. The molecule has 8 nitrogen and oxygen atoms in total. The Hall–Kier alpha value is -2.13. The highest BCUT2D eigenvalue weighted by molar-refractivity contribution is 8.00. The zero-order valence-electron chi connectivity index (χ0n) is 10.9. The fourth-order valence-electron chi connectivity index (χ4n) is 1.89. The van der Waals surface area contributed by atoms with Gasteiger partial charge in [-0.05, 0) is 19.1 Å². The zero-order valence-corrected chi connectivity index (χ0v) is 11.7. The summed E-state index contributed by atoms with van der Waals surface area (Å²) >= 11 is 1.07. The number of nitro groups is 2. The normalized spacial score (nSPS) is 24.4. The van der Waals surface area contributed by atoms with Crippen molar-refractivity contribution in [1.82, 2.24) is 0 Å². The lowest BCUT2D eigenvalue weighted by Gasteiger charge is -2.29. The number of non-ortho nitro benzene ring substituents is 1. The van der Waals surface area contributed by atoms with E-state index in [0.29, 0.717) is 0 Å². The first-order valence-electron chi connectivity index (χ1n) is 6.00. The van der Waals surface area contributed by atoms with Gasteiger partial charge in [-0.25, -0.2) is 0 Å². The maximum Gasteiger partial charge on any atom is 0.289 e. The summed E-state index contributed by atoms with van der Waals surface area (Å²) in [5.41, 5.74) is -0.706. The summed E-state index contributed by atoms with van der Waals surface area (Å²) in [6.45, 7) is 1.74. The number of nitrogens with zero attached hydrogens (tertiary/aromatic N) is 2. The largest absolute Gasteiger partial charge is 0.497 e. The van der Waals surface area contributed by atoms with Crippen molar-refractivity contribution in [1.29, 1.82) is 0 Å². The minimum Gasteiger partial charge on any atom is -0.497 e. The maximum atomic E-state index is 11.1. The van der Waals surface area contributed by atoms with E-state index in [4.69, 9.17) is 4.74 Å². The average Bonchev–Trinajstić information content (AvgIpc) is 2.42. The van der Waals surface area contributed by atoms with Crippen LogP contribution in [0, 0.1) is 20.2 Å². The van der Waals surface area contributed by atoms with Crippen LogP contribution in [-0.4, -0.2) is 32.4 Å². The number of aliphatic hydroxyl groups excluding tert-OH is 1. The summed E-state index contributed by atoms with van der Waals surface area (Å²) in [6, 6.07) is 3.43. The van der Waals surface area contributed by atoms with Crippen LogP contribution in [0.1, 0.15) is 6.92 Å². The molecule has 0 saturated heterocycles. The minimum absolute atomic E-state index is 0.250. The van der Waals surface area contributed by atoms with Crippen LogP contribution in [0.2, 0.25) is 0 Å². The molecule has 112 valence electrons. The van der Waals surface area contributed by atoms with E-state index in [-0.39, 0.29) is 22.4 Å². The number of hydrogen-bond acceptors (Lipinski definition) is 7. The second-order valence-electron chi connectivity index (χ2n) is 4.41. The van der Waals surface area contributed by atoms with E-state index in [1.165, 1.54) is 24.5 Å². The first-order chi connectivity index (χ1) is 9.90. The lowest BCUT2D eigenvalue weighted by molar-refractivity contribution is -0.396. The van der Waals surface area contributed by atoms with Crippen molar-refractivity contribution in [3.8, 4) is 0 Å². The van der Waals surface area contributed by atoms with Crippen molar-refractivity contribution >= 4 is 23.1 Å². The van der Waals surface area contributed by atoms with Crippen molar-refractivity contribution < 1.29 is 19.7 Å². The number of benzene rings is 1. The highest BCUT2D eigenvalue weighted by Crippen LogP contribution is 2.38. The molecule has 0 radical (unpaired) electrons. The van der Waals surface area contributed by atoms with Gasteiger partial charge in [0.15, 0.2) is 0 Å². The molecule has 0 saturated carbocycles. The third kappa shape index (κ3) is 3.31. The molecule has 0 unspecified atom stereocenters. The standard InChI is InChI=1S/C12H12N2O6S/c1-7-12(10(15)4-5-20-7)21-11-3-2-8(13(16)17)6-9(11)14(18)19/h2-7,10,12,15H,1H3/t7-,10+,12-/m1/s1. The molecule has 1 aromatic carbocycles. The van der Waals surface area contributed by atoms with Crippen molar-refractivity contribution in [2.45, 2.75) is 29.3 Å². The number of aliphatic hydroxyl groups is 1. The van der Waals surface area contributed by atoms with E-state index in [0.717, 1.165) is 17.8 Å². The summed E-state index contributed by atoms with van der Waals surface area (Å²) in [4.78, 5) is 20.6. The monoisotopic (exact) mass is 312 g/mol. The van der Waals surface area contributed by atoms with Crippen LogP contribution >= 0.6 is 11.8 Å². The number of rotatable bonds is 4. The molecular weight excluding hydrogens is 300 g/mol. The van der Waals surface area contributed by atoms with E-state index in [1.54, 1.807) is 6.92 Å². The van der Waals surface area contributed by atoms with E-state index in [9.17, 15) is 25.3 Å². The van der Waals surface area contributed by atoms with Gasteiger partial charge in [-0.1, -0.05) is 0 Å².